The fraction of sp³-hybridized carbons (Fsp3) is 0.556. The van der Waals surface area contributed by atoms with Gasteiger partial charge in [-0.25, -0.2) is 0 Å². The number of nitrogens with zero attached hydrogens (tertiary/aromatic N) is 3. The number of ether oxygens (including phenoxy) is 1. The maximum absolute atomic E-state index is 12.2. The molecule has 0 bridgehead atoms. The van der Waals surface area contributed by atoms with E-state index < -0.39 is 10.9 Å². The Bertz CT molecular complexity index is 766. The van der Waals surface area contributed by atoms with E-state index in [-0.39, 0.29) is 35.8 Å². The molecule has 1 saturated carbocycles. The second kappa shape index (κ2) is 8.53. The second-order valence-electron chi connectivity index (χ2n) is 7.24. The van der Waals surface area contributed by atoms with E-state index in [4.69, 9.17) is 9.84 Å². The van der Waals surface area contributed by atoms with Gasteiger partial charge in [-0.15, -0.1) is 0 Å². The van der Waals surface area contributed by atoms with Crippen molar-refractivity contribution in [3.05, 3.63) is 33.9 Å². The number of nitrogens with one attached hydrogen (secondary N) is 1. The zero-order valence-electron chi connectivity index (χ0n) is 15.7. The smallest absolute Gasteiger partial charge is 0.317 e. The molecule has 10 nitrogen and oxygen atoms in total. The van der Waals surface area contributed by atoms with Gasteiger partial charge in [0, 0.05) is 37.3 Å². The van der Waals surface area contributed by atoms with E-state index in [9.17, 15) is 19.7 Å². The highest BCUT2D eigenvalue weighted by Gasteiger charge is 2.29. The summed E-state index contributed by atoms with van der Waals surface area (Å²) in [7, 11) is 1.69. The molecule has 0 aromatic heterocycles. The van der Waals surface area contributed by atoms with Gasteiger partial charge >= 0.3 is 5.97 Å². The number of carboxylic acid groups (broad SMARTS) is 1. The van der Waals surface area contributed by atoms with Crippen LogP contribution in [-0.4, -0.2) is 78.8 Å². The molecule has 152 valence electrons. The Hall–Kier alpha value is -2.72. The Labute approximate surface area is 162 Å². The molecule has 1 saturated heterocycles. The molecule has 1 atom stereocenters. The lowest BCUT2D eigenvalue weighted by atomic mass is 10.1. The monoisotopic (exact) mass is 392 g/mol. The molecule has 1 aromatic rings. The van der Waals surface area contributed by atoms with Gasteiger partial charge in [-0.1, -0.05) is 0 Å². The number of rotatable bonds is 8. The predicted molar refractivity (Wildman–Crippen MR) is 101 cm³/mol. The number of morpholine rings is 1. The third kappa shape index (κ3) is 5.17. The van der Waals surface area contributed by atoms with Crippen molar-refractivity contribution in [1.29, 1.82) is 0 Å². The van der Waals surface area contributed by atoms with Gasteiger partial charge in [0.25, 0.3) is 11.6 Å². The maximum atomic E-state index is 12.2. The number of anilines is 1. The highest BCUT2D eigenvalue weighted by molar-refractivity contribution is 5.96. The minimum absolute atomic E-state index is 0.106. The van der Waals surface area contributed by atoms with Gasteiger partial charge in [-0.05, 0) is 32.0 Å². The Morgan fingerprint density at radius 1 is 1.43 bits per heavy atom. The summed E-state index contributed by atoms with van der Waals surface area (Å²) in [4.78, 5) is 37.6. The average Bonchev–Trinajstić information content (AvgIpc) is 3.44. The predicted octanol–water partition coefficient (Wildman–Crippen LogP) is 0.709. The molecular weight excluding hydrogens is 368 g/mol. The number of nitro groups is 1. The topological polar surface area (TPSA) is 125 Å². The van der Waals surface area contributed by atoms with Crippen molar-refractivity contribution in [2.75, 3.05) is 44.7 Å². The van der Waals surface area contributed by atoms with Gasteiger partial charge in [0.15, 0.2) is 0 Å². The van der Waals surface area contributed by atoms with Crippen LogP contribution in [0.5, 0.6) is 0 Å². The van der Waals surface area contributed by atoms with Gasteiger partial charge in [0.1, 0.15) is 5.69 Å². The van der Waals surface area contributed by atoms with E-state index in [2.05, 4.69) is 5.32 Å². The molecule has 3 rings (SSSR count). The summed E-state index contributed by atoms with van der Waals surface area (Å²) in [5.41, 5.74) is 0.582. The molecule has 1 aliphatic carbocycles. The number of hydrogen-bond donors (Lipinski definition) is 2. The Morgan fingerprint density at radius 2 is 2.18 bits per heavy atom. The number of likely N-dealkylation sites (N-methyl/N-ethyl adjacent to an activating group) is 1. The molecule has 1 aromatic carbocycles. The lowest BCUT2D eigenvalue weighted by Gasteiger charge is -2.35. The van der Waals surface area contributed by atoms with E-state index in [1.807, 2.05) is 4.90 Å². The molecule has 0 spiro atoms. The van der Waals surface area contributed by atoms with Crippen LogP contribution in [0.2, 0.25) is 0 Å². The first kappa shape index (κ1) is 20.0. The van der Waals surface area contributed by atoms with E-state index in [0.717, 1.165) is 12.8 Å². The standard InChI is InChI=1S/C18H24N4O6/c1-20(11-17(23)24)9-14-10-21(6-7-28-14)15-5-2-12(8-16(15)22(26)27)18(25)19-13-3-4-13/h2,5,8,13-14H,3-4,6-7,9-11H2,1H3,(H,19,25)(H,23,24). The quantitative estimate of drug-likeness (QED) is 0.489. The minimum atomic E-state index is -0.925. The van der Waals surface area contributed by atoms with Crippen molar-refractivity contribution >= 4 is 23.3 Å². The van der Waals surface area contributed by atoms with Gasteiger partial charge in [0.05, 0.1) is 24.2 Å². The lowest BCUT2D eigenvalue weighted by molar-refractivity contribution is -0.384. The summed E-state index contributed by atoms with van der Waals surface area (Å²) >= 11 is 0. The highest BCUT2D eigenvalue weighted by Crippen LogP contribution is 2.31. The molecule has 1 unspecified atom stereocenters. The first-order chi connectivity index (χ1) is 13.3. The molecule has 0 radical (unpaired) electrons. The molecule has 1 aliphatic heterocycles. The Balaban J connectivity index is 1.72. The summed E-state index contributed by atoms with van der Waals surface area (Å²) in [6.45, 7) is 1.56. The van der Waals surface area contributed by atoms with Crippen molar-refractivity contribution in [2.24, 2.45) is 0 Å². The summed E-state index contributed by atoms with van der Waals surface area (Å²) in [6, 6.07) is 4.69. The zero-order valence-corrected chi connectivity index (χ0v) is 15.7. The van der Waals surface area contributed by atoms with Crippen molar-refractivity contribution in [3.8, 4) is 0 Å². The molecule has 1 amide bonds. The Kier molecular flexibility index (Phi) is 6.10. The Morgan fingerprint density at radius 3 is 2.82 bits per heavy atom. The summed E-state index contributed by atoms with van der Waals surface area (Å²) < 4.78 is 5.68. The summed E-state index contributed by atoms with van der Waals surface area (Å²) in [6.07, 6.45) is 1.62. The number of carboxylic acids is 1. The van der Waals surface area contributed by atoms with Crippen LogP contribution in [0, 0.1) is 10.1 Å². The fourth-order valence-corrected chi connectivity index (χ4v) is 3.27. The van der Waals surface area contributed by atoms with Gasteiger partial charge < -0.3 is 20.1 Å². The number of amides is 1. The number of nitro benzene ring substituents is 1. The molecule has 2 N–H and O–H groups in total. The van der Waals surface area contributed by atoms with Crippen molar-refractivity contribution < 1.29 is 24.4 Å². The number of aliphatic carboxylic acids is 1. The minimum Gasteiger partial charge on any atom is -0.480 e. The van der Waals surface area contributed by atoms with Crippen LogP contribution in [0.25, 0.3) is 0 Å². The first-order valence-corrected chi connectivity index (χ1v) is 9.19. The number of benzene rings is 1. The molecule has 1 heterocycles. The van der Waals surface area contributed by atoms with Crippen molar-refractivity contribution in [3.63, 3.8) is 0 Å². The number of hydrogen-bond acceptors (Lipinski definition) is 7. The lowest BCUT2D eigenvalue weighted by Crippen LogP contribution is -2.47. The third-order valence-electron chi connectivity index (χ3n) is 4.75. The maximum Gasteiger partial charge on any atom is 0.317 e. The van der Waals surface area contributed by atoms with Gasteiger partial charge in [-0.3, -0.25) is 24.6 Å². The average molecular weight is 392 g/mol. The number of carbonyl (C=O) groups excluding carboxylic acids is 1. The molecular formula is C18H24N4O6. The van der Waals surface area contributed by atoms with E-state index in [1.165, 1.54) is 6.07 Å². The van der Waals surface area contributed by atoms with E-state index >= 15 is 0 Å². The fourth-order valence-electron chi connectivity index (χ4n) is 3.27. The van der Waals surface area contributed by atoms with E-state index in [1.54, 1.807) is 24.1 Å². The molecule has 28 heavy (non-hydrogen) atoms. The molecule has 2 fully saturated rings. The van der Waals surface area contributed by atoms with Crippen LogP contribution in [0.1, 0.15) is 23.2 Å². The summed E-state index contributed by atoms with van der Waals surface area (Å²) in [5, 5.41) is 23.3. The van der Waals surface area contributed by atoms with Crippen LogP contribution < -0.4 is 10.2 Å². The van der Waals surface area contributed by atoms with Crippen LogP contribution in [0.4, 0.5) is 11.4 Å². The van der Waals surface area contributed by atoms with Crippen molar-refractivity contribution in [1.82, 2.24) is 10.2 Å². The normalized spacial score (nSPS) is 19.5. The third-order valence-corrected chi connectivity index (χ3v) is 4.75. The second-order valence-corrected chi connectivity index (χ2v) is 7.24. The molecule has 2 aliphatic rings. The SMILES string of the molecule is CN(CC(=O)O)CC1CN(c2ccc(C(=O)NC3CC3)cc2[N+](=O)[O-])CCO1. The first-order valence-electron chi connectivity index (χ1n) is 9.19. The van der Waals surface area contributed by atoms with Crippen LogP contribution in [0.3, 0.4) is 0 Å². The van der Waals surface area contributed by atoms with Crippen LogP contribution in [0.15, 0.2) is 18.2 Å². The molecule has 10 heteroatoms. The highest BCUT2D eigenvalue weighted by atomic mass is 16.6. The number of carbonyl (C=O) groups is 2. The van der Waals surface area contributed by atoms with Crippen LogP contribution >= 0.6 is 0 Å². The van der Waals surface area contributed by atoms with E-state index in [0.29, 0.717) is 31.9 Å². The van der Waals surface area contributed by atoms with Crippen molar-refractivity contribution in [2.45, 2.75) is 25.0 Å². The zero-order chi connectivity index (χ0) is 20.3. The van der Waals surface area contributed by atoms with Gasteiger partial charge in [0.2, 0.25) is 0 Å². The largest absolute Gasteiger partial charge is 0.480 e. The summed E-state index contributed by atoms with van der Waals surface area (Å²) in [5.74, 6) is -1.22. The van der Waals surface area contributed by atoms with Crippen LogP contribution in [-0.2, 0) is 9.53 Å². The van der Waals surface area contributed by atoms with Gasteiger partial charge in [-0.2, -0.15) is 0 Å².